The number of nitrogens with zero attached hydrogens (tertiary/aromatic N) is 1. The number of halogens is 1. The Kier molecular flexibility index (Phi) is 4.66. The first-order valence-electron chi connectivity index (χ1n) is 5.86. The van der Waals surface area contributed by atoms with Crippen molar-refractivity contribution in [3.8, 4) is 0 Å². The van der Waals surface area contributed by atoms with Crippen LogP contribution in [0.5, 0.6) is 0 Å². The summed E-state index contributed by atoms with van der Waals surface area (Å²) in [6, 6.07) is 5.29. The number of sulfone groups is 1. The fraction of sp³-hybridized carbons (Fsp3) is 0.500. The third kappa shape index (κ3) is 3.18. The van der Waals surface area contributed by atoms with Crippen LogP contribution < -0.4 is 4.90 Å². The Morgan fingerprint density at radius 2 is 2.26 bits per heavy atom. The van der Waals surface area contributed by atoms with Crippen LogP contribution in [0.25, 0.3) is 0 Å². The Morgan fingerprint density at radius 1 is 1.53 bits per heavy atom. The highest BCUT2D eigenvalue weighted by Crippen LogP contribution is 2.32. The SMILES string of the molecule is CS(=O)(=O)C1CSCCN1c1cccc(Cl)c1CO. The fourth-order valence-electron chi connectivity index (χ4n) is 2.18. The molecular weight excluding hydrogens is 306 g/mol. The number of hydrogen-bond acceptors (Lipinski definition) is 5. The van der Waals surface area contributed by atoms with Gasteiger partial charge in [0.05, 0.1) is 6.61 Å². The predicted octanol–water partition coefficient (Wildman–Crippen LogP) is 1.76. The van der Waals surface area contributed by atoms with Gasteiger partial charge in [-0.1, -0.05) is 17.7 Å². The molecule has 0 aromatic heterocycles. The normalized spacial score (nSPS) is 20.6. The van der Waals surface area contributed by atoms with Crippen LogP contribution in [0.4, 0.5) is 5.69 Å². The largest absolute Gasteiger partial charge is 0.392 e. The van der Waals surface area contributed by atoms with Crippen molar-refractivity contribution < 1.29 is 13.5 Å². The number of aliphatic hydroxyl groups excluding tert-OH is 1. The summed E-state index contributed by atoms with van der Waals surface area (Å²) in [7, 11) is -3.18. The Labute approximate surface area is 122 Å². The predicted molar refractivity (Wildman–Crippen MR) is 80.7 cm³/mol. The van der Waals surface area contributed by atoms with Crippen molar-refractivity contribution in [2.45, 2.75) is 12.0 Å². The Hall–Kier alpha value is -0.430. The van der Waals surface area contributed by atoms with Gasteiger partial charge in [0, 0.05) is 40.6 Å². The molecule has 1 aromatic rings. The van der Waals surface area contributed by atoms with Crippen LogP contribution in [-0.2, 0) is 16.4 Å². The summed E-state index contributed by atoms with van der Waals surface area (Å²) in [5.41, 5.74) is 1.30. The van der Waals surface area contributed by atoms with Crippen molar-refractivity contribution >= 4 is 38.9 Å². The van der Waals surface area contributed by atoms with E-state index in [2.05, 4.69) is 0 Å². The number of aliphatic hydroxyl groups is 1. The van der Waals surface area contributed by atoms with Gasteiger partial charge in [0.25, 0.3) is 0 Å². The average Bonchev–Trinajstić information content (AvgIpc) is 2.37. The highest BCUT2D eigenvalue weighted by molar-refractivity contribution is 8.01. The van der Waals surface area contributed by atoms with Gasteiger partial charge in [0.15, 0.2) is 9.84 Å². The van der Waals surface area contributed by atoms with E-state index in [4.69, 9.17) is 11.6 Å². The van der Waals surface area contributed by atoms with E-state index in [9.17, 15) is 13.5 Å². The summed E-state index contributed by atoms with van der Waals surface area (Å²) in [6.45, 7) is 0.435. The molecule has 0 radical (unpaired) electrons. The second kappa shape index (κ2) is 5.91. The Morgan fingerprint density at radius 3 is 2.89 bits per heavy atom. The van der Waals surface area contributed by atoms with Gasteiger partial charge in [-0.05, 0) is 12.1 Å². The van der Waals surface area contributed by atoms with Gasteiger partial charge < -0.3 is 10.0 Å². The molecule has 1 aromatic carbocycles. The van der Waals surface area contributed by atoms with E-state index in [1.807, 2.05) is 11.0 Å². The molecule has 1 heterocycles. The number of benzene rings is 1. The minimum atomic E-state index is -3.18. The van der Waals surface area contributed by atoms with Crippen molar-refractivity contribution in [2.75, 3.05) is 29.2 Å². The average molecular weight is 322 g/mol. The van der Waals surface area contributed by atoms with E-state index in [0.29, 0.717) is 28.6 Å². The topological polar surface area (TPSA) is 57.6 Å². The summed E-state index contributed by atoms with van der Waals surface area (Å²) >= 11 is 7.70. The minimum absolute atomic E-state index is 0.199. The van der Waals surface area contributed by atoms with E-state index in [1.165, 1.54) is 6.26 Å². The maximum absolute atomic E-state index is 11.9. The smallest absolute Gasteiger partial charge is 0.169 e. The fourth-order valence-corrected chi connectivity index (χ4v) is 5.25. The molecule has 1 saturated heterocycles. The van der Waals surface area contributed by atoms with Crippen molar-refractivity contribution in [1.82, 2.24) is 0 Å². The molecular formula is C12H16ClNO3S2. The van der Waals surface area contributed by atoms with Crippen LogP contribution >= 0.6 is 23.4 Å². The lowest BCUT2D eigenvalue weighted by atomic mass is 10.1. The number of hydrogen-bond donors (Lipinski definition) is 1. The van der Waals surface area contributed by atoms with Gasteiger partial charge >= 0.3 is 0 Å². The monoisotopic (exact) mass is 321 g/mol. The van der Waals surface area contributed by atoms with E-state index < -0.39 is 15.2 Å². The zero-order chi connectivity index (χ0) is 14.0. The van der Waals surface area contributed by atoms with Crippen molar-refractivity contribution in [2.24, 2.45) is 0 Å². The number of rotatable bonds is 3. The maximum Gasteiger partial charge on any atom is 0.169 e. The highest BCUT2D eigenvalue weighted by atomic mass is 35.5. The van der Waals surface area contributed by atoms with Crippen molar-refractivity contribution in [3.63, 3.8) is 0 Å². The second-order valence-corrected chi connectivity index (χ2v) is 8.21. The van der Waals surface area contributed by atoms with Gasteiger partial charge in [0.1, 0.15) is 5.37 Å². The van der Waals surface area contributed by atoms with Crippen LogP contribution in [0.2, 0.25) is 5.02 Å². The summed E-state index contributed by atoms with van der Waals surface area (Å²) in [5, 5.41) is 9.36. The van der Waals surface area contributed by atoms with Crippen LogP contribution in [0, 0.1) is 0 Å². The van der Waals surface area contributed by atoms with Gasteiger partial charge in [-0.3, -0.25) is 0 Å². The van der Waals surface area contributed by atoms with E-state index in [-0.39, 0.29) is 6.61 Å². The molecule has 0 saturated carbocycles. The van der Waals surface area contributed by atoms with Gasteiger partial charge in [0.2, 0.25) is 0 Å². The van der Waals surface area contributed by atoms with Crippen molar-refractivity contribution in [1.29, 1.82) is 0 Å². The first kappa shape index (κ1) is 15.0. The third-order valence-corrected chi connectivity index (χ3v) is 6.14. The molecule has 2 rings (SSSR count). The van der Waals surface area contributed by atoms with E-state index in [1.54, 1.807) is 23.9 Å². The second-order valence-electron chi connectivity index (χ2n) is 4.45. The van der Waals surface area contributed by atoms with E-state index >= 15 is 0 Å². The Balaban J connectivity index is 2.46. The van der Waals surface area contributed by atoms with Gasteiger partial charge in [-0.2, -0.15) is 11.8 Å². The lowest BCUT2D eigenvalue weighted by Gasteiger charge is -2.37. The molecule has 1 fully saturated rings. The molecule has 0 aliphatic carbocycles. The standard InChI is InChI=1S/C12H16ClNO3S2/c1-19(16,17)12-8-18-6-5-14(12)11-4-2-3-10(13)9(11)7-15/h2-4,12,15H,5-8H2,1H3. The number of thioether (sulfide) groups is 1. The van der Waals surface area contributed by atoms with Crippen LogP contribution in [0.1, 0.15) is 5.56 Å². The first-order chi connectivity index (χ1) is 8.95. The molecule has 1 atom stereocenters. The molecule has 1 N–H and O–H groups in total. The van der Waals surface area contributed by atoms with Crippen LogP contribution in [0.3, 0.4) is 0 Å². The molecule has 19 heavy (non-hydrogen) atoms. The van der Waals surface area contributed by atoms with Gasteiger partial charge in [-0.25, -0.2) is 8.42 Å². The molecule has 0 bridgehead atoms. The molecule has 1 aliphatic rings. The van der Waals surface area contributed by atoms with E-state index in [0.717, 1.165) is 5.75 Å². The summed E-state index contributed by atoms with van der Waals surface area (Å²) in [4.78, 5) is 1.84. The first-order valence-corrected chi connectivity index (χ1v) is 9.35. The zero-order valence-electron chi connectivity index (χ0n) is 10.5. The quantitative estimate of drug-likeness (QED) is 0.919. The summed E-state index contributed by atoms with van der Waals surface area (Å²) in [6.07, 6.45) is 1.25. The molecule has 0 amide bonds. The highest BCUT2D eigenvalue weighted by Gasteiger charge is 2.32. The summed E-state index contributed by atoms with van der Waals surface area (Å²) < 4.78 is 23.8. The van der Waals surface area contributed by atoms with Crippen LogP contribution in [-0.4, -0.2) is 43.2 Å². The maximum atomic E-state index is 11.9. The Bertz CT molecular complexity index is 562. The molecule has 1 unspecified atom stereocenters. The lowest BCUT2D eigenvalue weighted by Crippen LogP contribution is -2.47. The number of anilines is 1. The van der Waals surface area contributed by atoms with Crippen LogP contribution in [0.15, 0.2) is 18.2 Å². The third-order valence-electron chi connectivity index (χ3n) is 3.14. The minimum Gasteiger partial charge on any atom is -0.392 e. The molecule has 1 aliphatic heterocycles. The van der Waals surface area contributed by atoms with Crippen molar-refractivity contribution in [3.05, 3.63) is 28.8 Å². The zero-order valence-corrected chi connectivity index (χ0v) is 12.9. The van der Waals surface area contributed by atoms with Gasteiger partial charge in [-0.15, -0.1) is 0 Å². The molecule has 4 nitrogen and oxygen atoms in total. The summed E-state index contributed by atoms with van der Waals surface area (Å²) in [5.74, 6) is 1.40. The molecule has 106 valence electrons. The lowest BCUT2D eigenvalue weighted by molar-refractivity contribution is 0.282. The molecule has 0 spiro atoms. The molecule has 7 heteroatoms.